The van der Waals surface area contributed by atoms with Crippen molar-refractivity contribution in [3.8, 4) is 6.07 Å². The van der Waals surface area contributed by atoms with E-state index >= 15 is 0 Å². The summed E-state index contributed by atoms with van der Waals surface area (Å²) in [5.41, 5.74) is 2.05. The first kappa shape index (κ1) is 12.6. The van der Waals surface area contributed by atoms with Crippen LogP contribution in [0.2, 0.25) is 0 Å². The van der Waals surface area contributed by atoms with Gasteiger partial charge in [-0.25, -0.2) is 0 Å². The van der Waals surface area contributed by atoms with E-state index < -0.39 is 6.10 Å². The standard InChI is InChI=1S/C13H14N2O3/c1-9-2-3-10(7-14)6-11(9)15-13(16)12-8-17-4-5-18-12/h2-3,6,12H,4-5,8H2,1H3,(H,15,16). The lowest BCUT2D eigenvalue weighted by Crippen LogP contribution is -2.39. The van der Waals surface area contributed by atoms with Crippen LogP contribution in [0.1, 0.15) is 11.1 Å². The maximum atomic E-state index is 11.9. The van der Waals surface area contributed by atoms with Gasteiger partial charge in [0.25, 0.3) is 5.91 Å². The van der Waals surface area contributed by atoms with Gasteiger partial charge < -0.3 is 14.8 Å². The fraction of sp³-hybridized carbons (Fsp3) is 0.385. The molecule has 1 fully saturated rings. The zero-order chi connectivity index (χ0) is 13.0. The van der Waals surface area contributed by atoms with Crippen LogP contribution in [-0.4, -0.2) is 31.8 Å². The monoisotopic (exact) mass is 246 g/mol. The number of aryl methyl sites for hydroxylation is 1. The number of nitrogens with one attached hydrogen (secondary N) is 1. The van der Waals surface area contributed by atoms with E-state index in [2.05, 4.69) is 5.32 Å². The number of rotatable bonds is 2. The highest BCUT2D eigenvalue weighted by Crippen LogP contribution is 2.17. The van der Waals surface area contributed by atoms with Gasteiger partial charge >= 0.3 is 0 Å². The molecule has 1 atom stereocenters. The molecule has 0 radical (unpaired) electrons. The van der Waals surface area contributed by atoms with E-state index in [1.807, 2.05) is 13.0 Å². The highest BCUT2D eigenvalue weighted by molar-refractivity contribution is 5.95. The Hall–Kier alpha value is -1.90. The Morgan fingerprint density at radius 3 is 3.00 bits per heavy atom. The van der Waals surface area contributed by atoms with Crippen LogP contribution in [0.15, 0.2) is 18.2 Å². The van der Waals surface area contributed by atoms with Crippen molar-refractivity contribution in [1.82, 2.24) is 0 Å². The van der Waals surface area contributed by atoms with Crippen molar-refractivity contribution in [3.05, 3.63) is 29.3 Å². The molecule has 1 N–H and O–H groups in total. The highest BCUT2D eigenvalue weighted by Gasteiger charge is 2.23. The molecule has 1 unspecified atom stereocenters. The normalized spacial score (nSPS) is 19.0. The number of ether oxygens (including phenoxy) is 2. The number of nitriles is 1. The summed E-state index contributed by atoms with van der Waals surface area (Å²) in [7, 11) is 0. The Morgan fingerprint density at radius 2 is 2.33 bits per heavy atom. The Kier molecular flexibility index (Phi) is 3.92. The van der Waals surface area contributed by atoms with Crippen LogP contribution < -0.4 is 5.32 Å². The predicted octanol–water partition coefficient (Wildman–Crippen LogP) is 1.22. The van der Waals surface area contributed by atoms with Crippen LogP contribution in [0.3, 0.4) is 0 Å². The van der Waals surface area contributed by atoms with Crippen molar-refractivity contribution in [2.75, 3.05) is 25.1 Å². The second-order valence-corrected chi connectivity index (χ2v) is 4.07. The lowest BCUT2D eigenvalue weighted by Gasteiger charge is -2.22. The molecule has 0 saturated carbocycles. The van der Waals surface area contributed by atoms with Crippen molar-refractivity contribution in [2.45, 2.75) is 13.0 Å². The molecular formula is C13H14N2O3. The van der Waals surface area contributed by atoms with Crippen LogP contribution in [0.4, 0.5) is 5.69 Å². The summed E-state index contributed by atoms with van der Waals surface area (Å²) >= 11 is 0. The van der Waals surface area contributed by atoms with Gasteiger partial charge in [-0.2, -0.15) is 5.26 Å². The van der Waals surface area contributed by atoms with Crippen molar-refractivity contribution >= 4 is 11.6 Å². The predicted molar refractivity (Wildman–Crippen MR) is 65.1 cm³/mol. The van der Waals surface area contributed by atoms with E-state index in [1.54, 1.807) is 18.2 Å². The number of carbonyl (C=O) groups is 1. The SMILES string of the molecule is Cc1ccc(C#N)cc1NC(=O)C1COCCO1. The summed E-state index contributed by atoms with van der Waals surface area (Å²) in [6, 6.07) is 7.20. The first-order valence-corrected chi connectivity index (χ1v) is 5.71. The molecule has 1 aliphatic heterocycles. The maximum Gasteiger partial charge on any atom is 0.255 e. The summed E-state index contributed by atoms with van der Waals surface area (Å²) in [6.45, 7) is 3.08. The first-order valence-electron chi connectivity index (χ1n) is 5.71. The Bertz CT molecular complexity index is 487. The largest absolute Gasteiger partial charge is 0.376 e. The fourth-order valence-corrected chi connectivity index (χ4v) is 1.68. The molecule has 18 heavy (non-hydrogen) atoms. The summed E-state index contributed by atoms with van der Waals surface area (Å²) in [6.07, 6.45) is -0.580. The molecular weight excluding hydrogens is 232 g/mol. The molecule has 0 aromatic heterocycles. The van der Waals surface area contributed by atoms with Gasteiger partial charge in [0.15, 0.2) is 6.10 Å². The van der Waals surface area contributed by atoms with Gasteiger partial charge in [-0.05, 0) is 24.6 Å². The zero-order valence-electron chi connectivity index (χ0n) is 10.1. The van der Waals surface area contributed by atoms with Crippen molar-refractivity contribution in [3.63, 3.8) is 0 Å². The van der Waals surface area contributed by atoms with Gasteiger partial charge in [0.2, 0.25) is 0 Å². The molecule has 1 saturated heterocycles. The molecule has 5 heteroatoms. The van der Waals surface area contributed by atoms with Gasteiger partial charge in [0.05, 0.1) is 31.5 Å². The number of carbonyl (C=O) groups excluding carboxylic acids is 1. The third-order valence-electron chi connectivity index (χ3n) is 2.73. The minimum Gasteiger partial charge on any atom is -0.376 e. The lowest BCUT2D eigenvalue weighted by molar-refractivity contribution is -0.142. The van der Waals surface area contributed by atoms with Gasteiger partial charge in [-0.15, -0.1) is 0 Å². The second kappa shape index (κ2) is 5.63. The Morgan fingerprint density at radius 1 is 1.50 bits per heavy atom. The number of amides is 1. The number of benzene rings is 1. The van der Waals surface area contributed by atoms with E-state index in [0.29, 0.717) is 24.5 Å². The average molecular weight is 246 g/mol. The summed E-state index contributed by atoms with van der Waals surface area (Å²) < 4.78 is 10.5. The number of hydrogen-bond donors (Lipinski definition) is 1. The van der Waals surface area contributed by atoms with Crippen molar-refractivity contribution in [1.29, 1.82) is 5.26 Å². The van der Waals surface area contributed by atoms with Gasteiger partial charge in [0, 0.05) is 5.69 Å². The molecule has 2 rings (SSSR count). The van der Waals surface area contributed by atoms with E-state index in [4.69, 9.17) is 14.7 Å². The first-order chi connectivity index (χ1) is 8.70. The smallest absolute Gasteiger partial charge is 0.255 e. The van der Waals surface area contributed by atoms with E-state index in [9.17, 15) is 4.79 Å². The third-order valence-corrected chi connectivity index (χ3v) is 2.73. The van der Waals surface area contributed by atoms with Crippen LogP contribution in [-0.2, 0) is 14.3 Å². The third kappa shape index (κ3) is 2.86. The minimum atomic E-state index is -0.580. The second-order valence-electron chi connectivity index (χ2n) is 4.07. The van der Waals surface area contributed by atoms with Gasteiger partial charge in [0.1, 0.15) is 0 Å². The maximum absolute atomic E-state index is 11.9. The zero-order valence-corrected chi connectivity index (χ0v) is 10.1. The topological polar surface area (TPSA) is 71.4 Å². The van der Waals surface area contributed by atoms with Crippen LogP contribution >= 0.6 is 0 Å². The van der Waals surface area contributed by atoms with Gasteiger partial charge in [-0.1, -0.05) is 6.07 Å². The van der Waals surface area contributed by atoms with Crippen LogP contribution in [0.5, 0.6) is 0 Å². The Balaban J connectivity index is 2.08. The molecule has 0 spiro atoms. The quantitative estimate of drug-likeness (QED) is 0.851. The molecule has 5 nitrogen and oxygen atoms in total. The lowest BCUT2D eigenvalue weighted by atomic mass is 10.1. The minimum absolute atomic E-state index is 0.243. The molecule has 1 aromatic rings. The van der Waals surface area contributed by atoms with E-state index in [1.165, 1.54) is 0 Å². The molecule has 1 aromatic carbocycles. The van der Waals surface area contributed by atoms with E-state index in [-0.39, 0.29) is 12.5 Å². The molecule has 0 bridgehead atoms. The highest BCUT2D eigenvalue weighted by atomic mass is 16.6. The van der Waals surface area contributed by atoms with Crippen LogP contribution in [0.25, 0.3) is 0 Å². The number of anilines is 1. The van der Waals surface area contributed by atoms with Crippen molar-refractivity contribution in [2.24, 2.45) is 0 Å². The van der Waals surface area contributed by atoms with Gasteiger partial charge in [-0.3, -0.25) is 4.79 Å². The molecule has 94 valence electrons. The fourth-order valence-electron chi connectivity index (χ4n) is 1.68. The van der Waals surface area contributed by atoms with E-state index in [0.717, 1.165) is 5.56 Å². The summed E-state index contributed by atoms with van der Waals surface area (Å²) in [5, 5.41) is 11.6. The number of hydrogen-bond acceptors (Lipinski definition) is 4. The number of nitrogens with zero attached hydrogens (tertiary/aromatic N) is 1. The molecule has 0 aliphatic carbocycles. The molecule has 1 amide bonds. The Labute approximate surface area is 105 Å². The summed E-state index contributed by atoms with van der Waals surface area (Å²) in [4.78, 5) is 11.9. The molecule has 1 heterocycles. The van der Waals surface area contributed by atoms with Crippen LogP contribution in [0, 0.1) is 18.3 Å². The molecule has 1 aliphatic rings. The summed E-state index contributed by atoms with van der Waals surface area (Å²) in [5.74, 6) is -0.243. The average Bonchev–Trinajstić information content (AvgIpc) is 2.42. The van der Waals surface area contributed by atoms with Crippen molar-refractivity contribution < 1.29 is 14.3 Å².